The smallest absolute Gasteiger partial charge is 0.238 e. The number of para-hydroxylation sites is 2. The molecule has 12 rings (SSSR count). The molecule has 3 aromatic heterocycles. The molecule has 0 saturated heterocycles. The number of benzene rings is 8. The Balaban J connectivity index is 1.21. The van der Waals surface area contributed by atoms with Crippen LogP contribution in [0.4, 0.5) is 0 Å². The number of fused-ring (bicyclic) bond motifs is 8. The Bertz CT molecular complexity index is 3560. The van der Waals surface area contributed by atoms with Crippen LogP contribution in [0.25, 0.3) is 99.9 Å². The summed E-state index contributed by atoms with van der Waals surface area (Å²) in [6, 6.07) is 63.2. The van der Waals surface area contributed by atoms with Gasteiger partial charge in [-0.2, -0.15) is 9.97 Å². The standard InChI is InChI=1S/C57H45N5/c1-56(2)30-31-57(3,4)48-34-50-46(33-47(48)56)45-32-44-42-26-16-17-27-49(42)61(38-22-12-7-13-23-38)51(44)35-52(45)62(50)55-59-53(37-20-10-6-11-21-37)58-54(60-55)43-29-28-39(36-18-8-5-9-19-36)40-24-14-15-25-41(40)43/h5-29,32-35H,30-31H2,1-4H3. The van der Waals surface area contributed by atoms with Crippen LogP contribution >= 0.6 is 0 Å². The van der Waals surface area contributed by atoms with Crippen molar-refractivity contribution in [3.05, 3.63) is 187 Å². The molecule has 0 aliphatic heterocycles. The minimum atomic E-state index is 0.00398. The maximum Gasteiger partial charge on any atom is 0.238 e. The Morgan fingerprint density at radius 3 is 1.58 bits per heavy atom. The summed E-state index contributed by atoms with van der Waals surface area (Å²) < 4.78 is 4.73. The Hall–Kier alpha value is -7.37. The first-order valence-electron chi connectivity index (χ1n) is 21.7. The minimum absolute atomic E-state index is 0.00398. The molecule has 5 nitrogen and oxygen atoms in total. The van der Waals surface area contributed by atoms with E-state index >= 15 is 0 Å². The van der Waals surface area contributed by atoms with Crippen molar-refractivity contribution in [1.82, 2.24) is 24.1 Å². The Labute approximate surface area is 361 Å². The van der Waals surface area contributed by atoms with Crippen LogP contribution in [0.15, 0.2) is 176 Å². The fourth-order valence-corrected chi connectivity index (χ4v) is 10.3. The van der Waals surface area contributed by atoms with Crippen LogP contribution in [0.2, 0.25) is 0 Å². The van der Waals surface area contributed by atoms with E-state index in [-0.39, 0.29) is 10.8 Å². The molecule has 8 aromatic carbocycles. The monoisotopic (exact) mass is 799 g/mol. The molecule has 0 spiro atoms. The van der Waals surface area contributed by atoms with Gasteiger partial charge in [0.05, 0.1) is 22.1 Å². The summed E-state index contributed by atoms with van der Waals surface area (Å²) in [5, 5.41) is 7.10. The van der Waals surface area contributed by atoms with Gasteiger partial charge in [-0.1, -0.05) is 155 Å². The average Bonchev–Trinajstić information content (AvgIpc) is 3.81. The van der Waals surface area contributed by atoms with Crippen molar-refractivity contribution in [2.75, 3.05) is 0 Å². The zero-order chi connectivity index (χ0) is 41.7. The van der Waals surface area contributed by atoms with Crippen molar-refractivity contribution in [3.8, 4) is 45.5 Å². The van der Waals surface area contributed by atoms with E-state index in [1.54, 1.807) is 0 Å². The number of aromatic nitrogens is 5. The molecule has 1 aliphatic rings. The fourth-order valence-electron chi connectivity index (χ4n) is 10.3. The Morgan fingerprint density at radius 1 is 0.371 bits per heavy atom. The zero-order valence-electron chi connectivity index (χ0n) is 35.4. The van der Waals surface area contributed by atoms with E-state index in [1.807, 2.05) is 6.07 Å². The molecule has 11 aromatic rings. The highest BCUT2D eigenvalue weighted by Crippen LogP contribution is 2.49. The predicted octanol–water partition coefficient (Wildman–Crippen LogP) is 14.6. The van der Waals surface area contributed by atoms with Crippen molar-refractivity contribution in [2.24, 2.45) is 0 Å². The number of hydrogen-bond acceptors (Lipinski definition) is 3. The van der Waals surface area contributed by atoms with Gasteiger partial charge in [0.25, 0.3) is 0 Å². The summed E-state index contributed by atoms with van der Waals surface area (Å²) in [6.45, 7) is 9.63. The lowest BCUT2D eigenvalue weighted by atomic mass is 9.63. The van der Waals surface area contributed by atoms with Gasteiger partial charge in [-0.3, -0.25) is 4.57 Å². The summed E-state index contributed by atoms with van der Waals surface area (Å²) in [6.07, 6.45) is 2.26. The SMILES string of the molecule is CC1(C)CCC(C)(C)c2cc3c(cc21)c1cc2c4ccccc4n(-c4ccccc4)c2cc1n3-c1nc(-c2ccccc2)nc(-c2ccc(-c3ccccc3)c3ccccc23)n1. The first-order valence-corrected chi connectivity index (χ1v) is 21.7. The van der Waals surface area contributed by atoms with Crippen LogP contribution < -0.4 is 0 Å². The average molecular weight is 800 g/mol. The molecular formula is C57H45N5. The summed E-state index contributed by atoms with van der Waals surface area (Å²) in [4.78, 5) is 16.3. The first-order chi connectivity index (χ1) is 30.2. The summed E-state index contributed by atoms with van der Waals surface area (Å²) in [5.41, 5.74) is 12.7. The van der Waals surface area contributed by atoms with Gasteiger partial charge < -0.3 is 4.57 Å². The van der Waals surface area contributed by atoms with E-state index in [9.17, 15) is 0 Å². The van der Waals surface area contributed by atoms with Gasteiger partial charge >= 0.3 is 0 Å². The molecule has 3 heterocycles. The van der Waals surface area contributed by atoms with Gasteiger partial charge in [-0.05, 0) is 105 Å². The number of hydrogen-bond donors (Lipinski definition) is 0. The summed E-state index contributed by atoms with van der Waals surface area (Å²) in [7, 11) is 0. The molecular weight excluding hydrogens is 755 g/mol. The Morgan fingerprint density at radius 2 is 0.871 bits per heavy atom. The lowest BCUT2D eigenvalue weighted by Crippen LogP contribution is -2.33. The highest BCUT2D eigenvalue weighted by atomic mass is 15.2. The van der Waals surface area contributed by atoms with Gasteiger partial charge in [0.15, 0.2) is 11.6 Å². The Kier molecular flexibility index (Phi) is 7.98. The van der Waals surface area contributed by atoms with Crippen LogP contribution in [0.3, 0.4) is 0 Å². The molecule has 0 N–H and O–H groups in total. The van der Waals surface area contributed by atoms with Crippen molar-refractivity contribution in [1.29, 1.82) is 0 Å². The normalized spacial score (nSPS) is 14.6. The van der Waals surface area contributed by atoms with E-state index in [2.05, 4.69) is 207 Å². The third-order valence-electron chi connectivity index (χ3n) is 13.7. The highest BCUT2D eigenvalue weighted by Gasteiger charge is 2.38. The van der Waals surface area contributed by atoms with Gasteiger partial charge in [-0.25, -0.2) is 4.98 Å². The molecule has 0 atom stereocenters. The van der Waals surface area contributed by atoms with Crippen LogP contribution in [0.5, 0.6) is 0 Å². The third kappa shape index (κ3) is 5.58. The van der Waals surface area contributed by atoms with Crippen LogP contribution in [-0.4, -0.2) is 24.1 Å². The second-order valence-electron chi connectivity index (χ2n) is 18.3. The van der Waals surface area contributed by atoms with Gasteiger partial charge in [0.2, 0.25) is 5.95 Å². The van der Waals surface area contributed by atoms with E-state index in [0.29, 0.717) is 17.6 Å². The highest BCUT2D eigenvalue weighted by molar-refractivity contribution is 6.19. The predicted molar refractivity (Wildman–Crippen MR) is 258 cm³/mol. The number of rotatable bonds is 5. The summed E-state index contributed by atoms with van der Waals surface area (Å²) >= 11 is 0. The molecule has 0 saturated carbocycles. The van der Waals surface area contributed by atoms with E-state index in [0.717, 1.165) is 57.0 Å². The minimum Gasteiger partial charge on any atom is -0.309 e. The molecule has 62 heavy (non-hydrogen) atoms. The van der Waals surface area contributed by atoms with Crippen LogP contribution in [0.1, 0.15) is 51.7 Å². The van der Waals surface area contributed by atoms with Crippen molar-refractivity contribution < 1.29 is 0 Å². The second-order valence-corrected chi connectivity index (χ2v) is 18.3. The van der Waals surface area contributed by atoms with Crippen molar-refractivity contribution in [3.63, 3.8) is 0 Å². The fraction of sp³-hybridized carbons (Fsp3) is 0.140. The maximum atomic E-state index is 5.54. The molecule has 0 radical (unpaired) electrons. The van der Waals surface area contributed by atoms with Gasteiger partial charge in [0, 0.05) is 38.4 Å². The summed E-state index contributed by atoms with van der Waals surface area (Å²) in [5.74, 6) is 1.87. The lowest BCUT2D eigenvalue weighted by Gasteiger charge is -2.42. The van der Waals surface area contributed by atoms with Gasteiger partial charge in [-0.15, -0.1) is 0 Å². The van der Waals surface area contributed by atoms with E-state index < -0.39 is 0 Å². The lowest BCUT2D eigenvalue weighted by molar-refractivity contribution is 0.332. The molecule has 298 valence electrons. The third-order valence-corrected chi connectivity index (χ3v) is 13.7. The molecule has 5 heteroatoms. The molecule has 1 aliphatic carbocycles. The van der Waals surface area contributed by atoms with Crippen LogP contribution in [0, 0.1) is 0 Å². The molecule has 0 unspecified atom stereocenters. The largest absolute Gasteiger partial charge is 0.309 e. The quantitative estimate of drug-likeness (QED) is 0.174. The second kappa shape index (κ2) is 13.6. The van der Waals surface area contributed by atoms with E-state index in [1.165, 1.54) is 49.3 Å². The number of nitrogens with zero attached hydrogens (tertiary/aromatic N) is 5. The van der Waals surface area contributed by atoms with Crippen molar-refractivity contribution >= 4 is 54.4 Å². The van der Waals surface area contributed by atoms with Gasteiger partial charge in [0.1, 0.15) is 0 Å². The van der Waals surface area contributed by atoms with E-state index in [4.69, 9.17) is 15.0 Å². The topological polar surface area (TPSA) is 48.5 Å². The first kappa shape index (κ1) is 36.5. The molecule has 0 bridgehead atoms. The van der Waals surface area contributed by atoms with Crippen LogP contribution in [-0.2, 0) is 10.8 Å². The maximum absolute atomic E-state index is 5.54. The zero-order valence-corrected chi connectivity index (χ0v) is 35.4. The molecule has 0 amide bonds. The molecule has 0 fully saturated rings. The van der Waals surface area contributed by atoms with Crippen molar-refractivity contribution in [2.45, 2.75) is 51.4 Å².